The third-order valence-corrected chi connectivity index (χ3v) is 1.41. The van der Waals surface area contributed by atoms with E-state index in [-0.39, 0.29) is 36.5 Å². The van der Waals surface area contributed by atoms with E-state index in [2.05, 4.69) is 6.92 Å². The minimum absolute atomic E-state index is 0. The van der Waals surface area contributed by atoms with Gasteiger partial charge in [-0.3, -0.25) is 0 Å². The first-order valence-electron chi connectivity index (χ1n) is 2.86. The van der Waals surface area contributed by atoms with Crippen LogP contribution in [0.3, 0.4) is 0 Å². The SMILES string of the molecule is Br.[CH2-]Cc1cccc(Cl)c1.[Zn]. The van der Waals surface area contributed by atoms with Crippen molar-refractivity contribution in [3.05, 3.63) is 41.8 Å². The first-order chi connectivity index (χ1) is 4.33. The molecule has 0 atom stereocenters. The Hall–Kier alpha value is 0.613. The zero-order chi connectivity index (χ0) is 6.69. The summed E-state index contributed by atoms with van der Waals surface area (Å²) in [4.78, 5) is 0. The van der Waals surface area contributed by atoms with Gasteiger partial charge in [0.25, 0.3) is 0 Å². The summed E-state index contributed by atoms with van der Waals surface area (Å²) >= 11 is 5.70. The number of hydrogen-bond donors (Lipinski definition) is 0. The summed E-state index contributed by atoms with van der Waals surface area (Å²) in [5.74, 6) is 0. The summed E-state index contributed by atoms with van der Waals surface area (Å²) in [6.07, 6.45) is 0.806. The molecular formula is C8H9BrClZn-. The van der Waals surface area contributed by atoms with E-state index in [0.29, 0.717) is 0 Å². The monoisotopic (exact) mass is 283 g/mol. The second-order valence-electron chi connectivity index (χ2n) is 1.88. The van der Waals surface area contributed by atoms with Gasteiger partial charge in [-0.2, -0.15) is 6.42 Å². The third kappa shape index (κ3) is 4.95. The first kappa shape index (κ1) is 14.2. The largest absolute Gasteiger partial charge is 0.339 e. The molecule has 0 saturated heterocycles. The maximum atomic E-state index is 5.70. The van der Waals surface area contributed by atoms with Crippen LogP contribution in [0.4, 0.5) is 0 Å². The second kappa shape index (κ2) is 7.27. The summed E-state index contributed by atoms with van der Waals surface area (Å²) in [7, 11) is 0. The topological polar surface area (TPSA) is 0 Å². The fraction of sp³-hybridized carbons (Fsp3) is 0.125. The van der Waals surface area contributed by atoms with E-state index in [0.717, 1.165) is 11.4 Å². The van der Waals surface area contributed by atoms with Gasteiger partial charge in [0.1, 0.15) is 0 Å². The molecule has 1 rings (SSSR count). The Morgan fingerprint density at radius 2 is 2.00 bits per heavy atom. The van der Waals surface area contributed by atoms with Crippen LogP contribution in [0.5, 0.6) is 0 Å². The van der Waals surface area contributed by atoms with Gasteiger partial charge in [0, 0.05) is 24.5 Å². The number of halogens is 2. The van der Waals surface area contributed by atoms with Gasteiger partial charge in [-0.15, -0.1) is 17.0 Å². The molecule has 0 spiro atoms. The maximum Gasteiger partial charge on any atom is 0.0407 e. The Morgan fingerprint density at radius 1 is 1.36 bits per heavy atom. The summed E-state index contributed by atoms with van der Waals surface area (Å²) in [6.45, 7) is 3.74. The summed E-state index contributed by atoms with van der Waals surface area (Å²) in [5.41, 5.74) is 1.18. The molecule has 0 fully saturated rings. The predicted octanol–water partition coefficient (Wildman–Crippen LogP) is 3.29. The van der Waals surface area contributed by atoms with Crippen molar-refractivity contribution in [1.29, 1.82) is 0 Å². The average Bonchev–Trinajstić information content (AvgIpc) is 1.88. The molecule has 11 heavy (non-hydrogen) atoms. The van der Waals surface area contributed by atoms with Crippen molar-refractivity contribution in [2.75, 3.05) is 0 Å². The van der Waals surface area contributed by atoms with Crippen molar-refractivity contribution < 1.29 is 19.5 Å². The number of hydrogen-bond acceptors (Lipinski definition) is 0. The summed E-state index contributed by atoms with van der Waals surface area (Å²) in [5, 5.41) is 0.788. The van der Waals surface area contributed by atoms with Crippen molar-refractivity contribution in [3.8, 4) is 0 Å². The molecule has 1 aromatic carbocycles. The summed E-state index contributed by atoms with van der Waals surface area (Å²) in [6, 6.07) is 7.73. The quantitative estimate of drug-likeness (QED) is 0.549. The Labute approximate surface area is 95.9 Å². The maximum absolute atomic E-state index is 5.70. The van der Waals surface area contributed by atoms with E-state index in [1.54, 1.807) is 0 Å². The van der Waals surface area contributed by atoms with Gasteiger partial charge >= 0.3 is 0 Å². The molecule has 0 radical (unpaired) electrons. The molecule has 0 amide bonds. The van der Waals surface area contributed by atoms with Crippen molar-refractivity contribution in [1.82, 2.24) is 0 Å². The van der Waals surface area contributed by atoms with Crippen LogP contribution < -0.4 is 0 Å². The van der Waals surface area contributed by atoms with Crippen molar-refractivity contribution in [2.24, 2.45) is 0 Å². The molecule has 0 heterocycles. The van der Waals surface area contributed by atoms with Crippen LogP contribution in [0.15, 0.2) is 24.3 Å². The van der Waals surface area contributed by atoms with Crippen molar-refractivity contribution >= 4 is 28.6 Å². The van der Waals surface area contributed by atoms with Gasteiger partial charge in [0.15, 0.2) is 0 Å². The number of benzene rings is 1. The Kier molecular flexibility index (Phi) is 9.36. The Bertz CT molecular complexity index is 203. The standard InChI is InChI=1S/C8H8Cl.BrH.Zn/c1-2-7-4-3-5-8(9)6-7;;/h3-6H,1-2H2;1H;/q-1;;. The van der Waals surface area contributed by atoms with Crippen LogP contribution in [0.2, 0.25) is 5.02 Å². The van der Waals surface area contributed by atoms with E-state index in [4.69, 9.17) is 11.6 Å². The molecule has 0 bridgehead atoms. The van der Waals surface area contributed by atoms with Crippen LogP contribution in [0.1, 0.15) is 5.56 Å². The third-order valence-electron chi connectivity index (χ3n) is 1.18. The van der Waals surface area contributed by atoms with Crippen LogP contribution in [0, 0.1) is 6.92 Å². The van der Waals surface area contributed by atoms with Gasteiger partial charge in [0.2, 0.25) is 0 Å². The molecule has 0 aliphatic heterocycles. The fourth-order valence-corrected chi connectivity index (χ4v) is 0.905. The molecule has 0 nitrogen and oxygen atoms in total. The Balaban J connectivity index is 0. The molecule has 0 aliphatic carbocycles. The van der Waals surface area contributed by atoms with Crippen molar-refractivity contribution in [3.63, 3.8) is 0 Å². The van der Waals surface area contributed by atoms with Crippen LogP contribution >= 0.6 is 28.6 Å². The minimum atomic E-state index is 0. The first-order valence-corrected chi connectivity index (χ1v) is 3.24. The minimum Gasteiger partial charge on any atom is -0.339 e. The molecular weight excluding hydrogens is 277 g/mol. The predicted molar refractivity (Wildman–Crippen MR) is 50.8 cm³/mol. The smallest absolute Gasteiger partial charge is 0.0407 e. The van der Waals surface area contributed by atoms with E-state index in [1.165, 1.54) is 5.56 Å². The fourth-order valence-electron chi connectivity index (χ4n) is 0.692. The van der Waals surface area contributed by atoms with Crippen LogP contribution in [-0.4, -0.2) is 0 Å². The Morgan fingerprint density at radius 3 is 2.36 bits per heavy atom. The second-order valence-corrected chi connectivity index (χ2v) is 2.32. The molecule has 0 saturated carbocycles. The van der Waals surface area contributed by atoms with Gasteiger partial charge in [-0.05, 0) is 12.1 Å². The molecule has 0 aliphatic rings. The van der Waals surface area contributed by atoms with E-state index >= 15 is 0 Å². The molecule has 3 heteroatoms. The van der Waals surface area contributed by atoms with Crippen molar-refractivity contribution in [2.45, 2.75) is 6.42 Å². The average molecular weight is 286 g/mol. The van der Waals surface area contributed by atoms with Crippen LogP contribution in [-0.2, 0) is 25.9 Å². The zero-order valence-electron chi connectivity index (χ0n) is 6.22. The van der Waals surface area contributed by atoms with E-state index < -0.39 is 0 Å². The van der Waals surface area contributed by atoms with Gasteiger partial charge < -0.3 is 6.92 Å². The zero-order valence-corrected chi connectivity index (χ0v) is 11.7. The molecule has 0 unspecified atom stereocenters. The number of rotatable bonds is 1. The van der Waals surface area contributed by atoms with Gasteiger partial charge in [0.05, 0.1) is 0 Å². The van der Waals surface area contributed by atoms with Gasteiger partial charge in [-0.25, -0.2) is 0 Å². The van der Waals surface area contributed by atoms with Gasteiger partial charge in [-0.1, -0.05) is 29.3 Å². The molecule has 0 N–H and O–H groups in total. The van der Waals surface area contributed by atoms with Crippen LogP contribution in [0.25, 0.3) is 0 Å². The molecule has 0 aromatic heterocycles. The summed E-state index contributed by atoms with van der Waals surface area (Å²) < 4.78 is 0. The molecule has 58 valence electrons. The van der Waals surface area contributed by atoms with E-state index in [1.807, 2.05) is 24.3 Å². The normalized spacial score (nSPS) is 7.82. The molecule has 1 aromatic rings. The van der Waals surface area contributed by atoms with E-state index in [9.17, 15) is 0 Å².